The van der Waals surface area contributed by atoms with Crippen molar-refractivity contribution in [2.24, 2.45) is 0 Å². The third-order valence-electron chi connectivity index (χ3n) is 6.01. The molecule has 1 aromatic heterocycles. The smallest absolute Gasteiger partial charge is 0.320 e. The molecule has 2 fully saturated rings. The third-order valence-corrected chi connectivity index (χ3v) is 6.01. The van der Waals surface area contributed by atoms with Crippen LogP contribution in [0.4, 0.5) is 11.6 Å². The van der Waals surface area contributed by atoms with Crippen molar-refractivity contribution >= 4 is 17.5 Å². The first-order chi connectivity index (χ1) is 13.2. The molecule has 3 aliphatic rings. The minimum atomic E-state index is 0.0713. The maximum atomic E-state index is 12.5. The first-order valence-corrected chi connectivity index (χ1v) is 10.6. The highest BCUT2D eigenvalue weighted by Crippen LogP contribution is 2.33. The summed E-state index contributed by atoms with van der Waals surface area (Å²) in [6.45, 7) is 4.25. The Morgan fingerprint density at radius 1 is 1.00 bits per heavy atom. The van der Waals surface area contributed by atoms with Gasteiger partial charge in [-0.2, -0.15) is 9.97 Å². The number of rotatable bonds is 7. The van der Waals surface area contributed by atoms with Gasteiger partial charge in [0.15, 0.2) is 0 Å². The fourth-order valence-electron chi connectivity index (χ4n) is 4.45. The molecule has 148 valence electrons. The molecule has 0 atom stereocenters. The molecular weight excluding hydrogens is 342 g/mol. The predicted octanol–water partition coefficient (Wildman–Crippen LogP) is 2.54. The molecule has 0 bridgehead atoms. The van der Waals surface area contributed by atoms with E-state index in [2.05, 4.69) is 14.9 Å². The Bertz CT molecular complexity index is 669. The Morgan fingerprint density at radius 2 is 1.74 bits per heavy atom. The van der Waals surface area contributed by atoms with Gasteiger partial charge in [0, 0.05) is 12.1 Å². The van der Waals surface area contributed by atoms with E-state index in [1.165, 1.54) is 45.2 Å². The van der Waals surface area contributed by atoms with Gasteiger partial charge in [-0.1, -0.05) is 6.42 Å². The monoisotopic (exact) mass is 373 g/mol. The second-order valence-corrected chi connectivity index (χ2v) is 8.05. The van der Waals surface area contributed by atoms with E-state index in [-0.39, 0.29) is 12.0 Å². The molecule has 1 aliphatic carbocycles. The molecule has 0 unspecified atom stereocenters. The molecule has 3 heterocycles. The number of ether oxygens (including phenoxy) is 1. The van der Waals surface area contributed by atoms with Crippen molar-refractivity contribution in [1.29, 1.82) is 0 Å². The van der Waals surface area contributed by atoms with Crippen molar-refractivity contribution in [1.82, 2.24) is 14.9 Å². The number of unbranched alkanes of at least 4 members (excludes halogenated alkanes) is 1. The number of carbonyl (C=O) groups excluding carboxylic acids is 1. The average molecular weight is 374 g/mol. The summed E-state index contributed by atoms with van der Waals surface area (Å²) >= 11 is 0. The summed E-state index contributed by atoms with van der Waals surface area (Å²) in [6.07, 6.45) is 11.0. The van der Waals surface area contributed by atoms with Gasteiger partial charge in [-0.3, -0.25) is 9.69 Å². The zero-order valence-corrected chi connectivity index (χ0v) is 16.2. The van der Waals surface area contributed by atoms with Crippen LogP contribution in [0.3, 0.4) is 0 Å². The highest BCUT2D eigenvalue weighted by atomic mass is 16.5. The Balaban J connectivity index is 1.36. The number of piperidine rings is 1. The van der Waals surface area contributed by atoms with Gasteiger partial charge >= 0.3 is 6.01 Å². The van der Waals surface area contributed by atoms with Crippen LogP contribution in [0.1, 0.15) is 63.4 Å². The first kappa shape index (κ1) is 18.5. The van der Waals surface area contributed by atoms with Crippen LogP contribution in [0.25, 0.3) is 0 Å². The van der Waals surface area contributed by atoms with Gasteiger partial charge in [0.05, 0.1) is 6.42 Å². The van der Waals surface area contributed by atoms with E-state index < -0.39 is 0 Å². The van der Waals surface area contributed by atoms with Crippen LogP contribution in [-0.2, 0) is 11.2 Å². The van der Waals surface area contributed by atoms with E-state index in [9.17, 15) is 4.79 Å². The molecule has 2 aliphatic heterocycles. The van der Waals surface area contributed by atoms with Crippen molar-refractivity contribution in [3.8, 4) is 6.01 Å². The van der Waals surface area contributed by atoms with E-state index in [1.807, 2.05) is 0 Å². The zero-order chi connectivity index (χ0) is 18.6. The average Bonchev–Trinajstić information content (AvgIpc) is 3.28. The summed E-state index contributed by atoms with van der Waals surface area (Å²) in [5.74, 6) is 1.12. The fourth-order valence-corrected chi connectivity index (χ4v) is 4.45. The van der Waals surface area contributed by atoms with Crippen LogP contribution in [0.2, 0.25) is 0 Å². The lowest BCUT2D eigenvalue weighted by molar-refractivity contribution is -0.117. The van der Waals surface area contributed by atoms with Crippen molar-refractivity contribution in [2.45, 2.75) is 70.3 Å². The topological polar surface area (TPSA) is 84.6 Å². The number of fused-ring (bicyclic) bond motifs is 1. The Morgan fingerprint density at radius 3 is 2.52 bits per heavy atom. The highest BCUT2D eigenvalue weighted by Gasteiger charge is 2.32. The quantitative estimate of drug-likeness (QED) is 0.740. The molecule has 1 aromatic rings. The number of likely N-dealkylation sites (tertiary alicyclic amines) is 1. The summed E-state index contributed by atoms with van der Waals surface area (Å²) < 4.78 is 5.92. The normalized spacial score (nSPS) is 21.0. The number of nitrogen functional groups attached to an aromatic ring is 1. The number of carbonyl (C=O) groups is 1. The lowest BCUT2D eigenvalue weighted by atomic mass is 10.1. The number of nitrogens with zero attached hydrogens (tertiary/aromatic N) is 4. The maximum absolute atomic E-state index is 12.5. The van der Waals surface area contributed by atoms with Gasteiger partial charge in [-0.15, -0.1) is 0 Å². The van der Waals surface area contributed by atoms with E-state index in [4.69, 9.17) is 10.5 Å². The van der Waals surface area contributed by atoms with Crippen molar-refractivity contribution < 1.29 is 9.53 Å². The number of hydrogen-bond acceptors (Lipinski definition) is 6. The van der Waals surface area contributed by atoms with Crippen LogP contribution in [0.15, 0.2) is 0 Å². The molecule has 7 nitrogen and oxygen atoms in total. The number of aromatic nitrogens is 2. The van der Waals surface area contributed by atoms with Crippen LogP contribution in [-0.4, -0.2) is 53.1 Å². The zero-order valence-electron chi connectivity index (χ0n) is 16.2. The number of hydrogen-bond donors (Lipinski definition) is 1. The Hall–Kier alpha value is -1.89. The standard InChI is InChI=1S/C20H31N5O2/c21-18-16-14-17(26)25(13-7-6-12-24-10-4-1-5-11-24)19(16)23-20(22-18)27-15-8-2-3-9-15/h15H,1-14H2,(H2,21,22,23). The van der Waals surface area contributed by atoms with Gasteiger partial charge in [-0.05, 0) is 71.0 Å². The third kappa shape index (κ3) is 4.34. The lowest BCUT2D eigenvalue weighted by Crippen LogP contribution is -2.32. The molecule has 1 amide bonds. The van der Waals surface area contributed by atoms with Gasteiger partial charge in [0.1, 0.15) is 17.7 Å². The molecule has 0 aromatic carbocycles. The molecule has 0 radical (unpaired) electrons. The van der Waals surface area contributed by atoms with Crippen molar-refractivity contribution in [3.05, 3.63) is 5.56 Å². The summed E-state index contributed by atoms with van der Waals surface area (Å²) in [7, 11) is 0. The number of anilines is 2. The second-order valence-electron chi connectivity index (χ2n) is 8.05. The van der Waals surface area contributed by atoms with E-state index >= 15 is 0 Å². The summed E-state index contributed by atoms with van der Waals surface area (Å²) in [4.78, 5) is 25.7. The van der Waals surface area contributed by atoms with Crippen LogP contribution < -0.4 is 15.4 Å². The van der Waals surface area contributed by atoms with Crippen LogP contribution >= 0.6 is 0 Å². The largest absolute Gasteiger partial charge is 0.460 e. The van der Waals surface area contributed by atoms with Gasteiger partial charge in [0.25, 0.3) is 0 Å². The van der Waals surface area contributed by atoms with Crippen molar-refractivity contribution in [2.75, 3.05) is 36.8 Å². The molecule has 27 heavy (non-hydrogen) atoms. The highest BCUT2D eigenvalue weighted by molar-refractivity contribution is 6.01. The van der Waals surface area contributed by atoms with Crippen molar-refractivity contribution in [3.63, 3.8) is 0 Å². The molecule has 1 saturated carbocycles. The van der Waals surface area contributed by atoms with E-state index in [0.717, 1.165) is 37.8 Å². The SMILES string of the molecule is Nc1nc(OC2CCCC2)nc2c1CC(=O)N2CCCCN1CCCCC1. The molecule has 4 rings (SSSR count). The van der Waals surface area contributed by atoms with Gasteiger partial charge < -0.3 is 15.4 Å². The molecule has 1 saturated heterocycles. The second kappa shape index (κ2) is 8.42. The van der Waals surface area contributed by atoms with E-state index in [1.54, 1.807) is 4.90 Å². The lowest BCUT2D eigenvalue weighted by Gasteiger charge is -2.26. The molecular formula is C20H31N5O2. The fraction of sp³-hybridized carbons (Fsp3) is 0.750. The summed E-state index contributed by atoms with van der Waals surface area (Å²) in [5, 5.41) is 0. The molecule has 7 heteroatoms. The maximum Gasteiger partial charge on any atom is 0.320 e. The molecule has 0 spiro atoms. The van der Waals surface area contributed by atoms with Gasteiger partial charge in [0.2, 0.25) is 5.91 Å². The first-order valence-electron chi connectivity index (χ1n) is 10.6. The molecule has 2 N–H and O–H groups in total. The van der Waals surface area contributed by atoms with Gasteiger partial charge in [-0.25, -0.2) is 0 Å². The van der Waals surface area contributed by atoms with E-state index in [0.29, 0.717) is 30.6 Å². The minimum Gasteiger partial charge on any atom is -0.460 e. The Kier molecular flexibility index (Phi) is 5.76. The minimum absolute atomic E-state index is 0.0713. The summed E-state index contributed by atoms with van der Waals surface area (Å²) in [6, 6.07) is 0.325. The Labute approximate surface area is 161 Å². The summed E-state index contributed by atoms with van der Waals surface area (Å²) in [5.41, 5.74) is 6.87. The number of nitrogens with two attached hydrogens (primary N) is 1. The van der Waals surface area contributed by atoms with Crippen LogP contribution in [0.5, 0.6) is 6.01 Å². The van der Waals surface area contributed by atoms with Crippen LogP contribution in [0, 0.1) is 0 Å². The predicted molar refractivity (Wildman–Crippen MR) is 105 cm³/mol. The number of amides is 1.